The number of unbranched alkanes of at least 4 members (excludes halogenated alkanes) is 2. The van der Waals surface area contributed by atoms with Crippen LogP contribution in [0.4, 0.5) is 0 Å². The maximum absolute atomic E-state index is 11.6. The molecule has 2 N–H and O–H groups in total. The first kappa shape index (κ1) is 29.5. The third kappa shape index (κ3) is 23.0. The summed E-state index contributed by atoms with van der Waals surface area (Å²) >= 11 is 0. The van der Waals surface area contributed by atoms with Gasteiger partial charge in [-0.2, -0.15) is 0 Å². The Kier molecular flexibility index (Phi) is 22.1. The number of hydrogen-bond donors (Lipinski definition) is 2. The molecule has 0 saturated carbocycles. The Hall–Kier alpha value is -1.48. The van der Waals surface area contributed by atoms with Gasteiger partial charge in [-0.25, -0.2) is 0 Å². The second kappa shape index (κ2) is 23.2. The lowest BCUT2D eigenvalue weighted by Crippen LogP contribution is -2.21. The zero-order valence-corrected chi connectivity index (χ0v) is 19.8. The number of hydrogen-bond acceptors (Lipinski definition) is 8. The van der Waals surface area contributed by atoms with Crippen molar-refractivity contribution in [2.75, 3.05) is 65.8 Å². The topological polar surface area (TPSA) is 95.1 Å². The maximum atomic E-state index is 11.6. The summed E-state index contributed by atoms with van der Waals surface area (Å²) in [4.78, 5) is 23.1. The van der Waals surface area contributed by atoms with E-state index in [-0.39, 0.29) is 25.2 Å². The van der Waals surface area contributed by atoms with Crippen molar-refractivity contribution in [3.8, 4) is 0 Å². The van der Waals surface area contributed by atoms with E-state index in [1.807, 2.05) is 13.0 Å². The molecule has 0 atom stereocenters. The average Bonchev–Trinajstić information content (AvgIpc) is 2.75. The van der Waals surface area contributed by atoms with E-state index in [1.165, 1.54) is 0 Å². The molecule has 31 heavy (non-hydrogen) atoms. The van der Waals surface area contributed by atoms with Crippen molar-refractivity contribution < 1.29 is 28.5 Å². The first-order valence-electron chi connectivity index (χ1n) is 11.6. The van der Waals surface area contributed by atoms with Gasteiger partial charge in [0.05, 0.1) is 39.3 Å². The Labute approximate surface area is 188 Å². The van der Waals surface area contributed by atoms with Crippen LogP contribution in [-0.2, 0) is 28.5 Å². The molecular formula is C23H44N2O6. The molecule has 0 rings (SSSR count). The third-order valence-electron chi connectivity index (χ3n) is 4.29. The van der Waals surface area contributed by atoms with E-state index in [9.17, 15) is 9.59 Å². The van der Waals surface area contributed by atoms with Gasteiger partial charge >= 0.3 is 11.9 Å². The highest BCUT2D eigenvalue weighted by molar-refractivity contribution is 5.69. The highest BCUT2D eigenvalue weighted by atomic mass is 16.6. The van der Waals surface area contributed by atoms with Crippen LogP contribution in [0.1, 0.15) is 59.3 Å². The molecule has 8 nitrogen and oxygen atoms in total. The minimum atomic E-state index is -0.207. The van der Waals surface area contributed by atoms with Crippen LogP contribution in [0.3, 0.4) is 0 Å². The van der Waals surface area contributed by atoms with E-state index in [2.05, 4.69) is 24.5 Å². The molecule has 0 aliphatic heterocycles. The average molecular weight is 445 g/mol. The first-order valence-corrected chi connectivity index (χ1v) is 11.6. The molecule has 0 bridgehead atoms. The van der Waals surface area contributed by atoms with Gasteiger partial charge in [-0.15, -0.1) is 0 Å². The molecule has 0 aromatic rings. The molecule has 0 heterocycles. The molecule has 0 unspecified atom stereocenters. The molecule has 0 aliphatic carbocycles. The Bertz CT molecular complexity index is 471. The fraction of sp³-hybridized carbons (Fsp3) is 0.826. The van der Waals surface area contributed by atoms with E-state index in [0.29, 0.717) is 52.4 Å². The summed E-state index contributed by atoms with van der Waals surface area (Å²) in [5, 5.41) is 6.41. The zero-order valence-electron chi connectivity index (χ0n) is 19.8. The van der Waals surface area contributed by atoms with Crippen LogP contribution >= 0.6 is 0 Å². The molecule has 0 aromatic heterocycles. The molecule has 182 valence electrons. The minimum Gasteiger partial charge on any atom is -0.463 e. The summed E-state index contributed by atoms with van der Waals surface area (Å²) in [5.41, 5.74) is 1.03. The predicted molar refractivity (Wildman–Crippen MR) is 122 cm³/mol. The molecule has 0 radical (unpaired) electrons. The zero-order chi connectivity index (χ0) is 23.0. The Balaban J connectivity index is 3.47. The summed E-state index contributed by atoms with van der Waals surface area (Å²) in [7, 11) is 0. The van der Waals surface area contributed by atoms with Gasteiger partial charge in [-0.05, 0) is 38.4 Å². The lowest BCUT2D eigenvalue weighted by molar-refractivity contribution is -0.145. The number of carbonyl (C=O) groups is 2. The van der Waals surface area contributed by atoms with Crippen LogP contribution in [-0.4, -0.2) is 77.8 Å². The Morgan fingerprint density at radius 3 is 1.77 bits per heavy atom. The van der Waals surface area contributed by atoms with Gasteiger partial charge in [-0.1, -0.05) is 32.8 Å². The van der Waals surface area contributed by atoms with E-state index in [0.717, 1.165) is 44.3 Å². The van der Waals surface area contributed by atoms with Crippen LogP contribution in [0.15, 0.2) is 11.6 Å². The van der Waals surface area contributed by atoms with Crippen molar-refractivity contribution in [1.29, 1.82) is 0 Å². The summed E-state index contributed by atoms with van der Waals surface area (Å²) in [5.74, 6) is -0.414. The van der Waals surface area contributed by atoms with E-state index in [4.69, 9.17) is 18.9 Å². The second-order valence-corrected chi connectivity index (χ2v) is 7.33. The van der Waals surface area contributed by atoms with E-state index in [1.54, 1.807) is 0 Å². The standard InChI is InChI=1S/C23H44N2O6/c1-4-6-11-24-13-8-22(26)30-18-16-28-15-10-21(3)20-29-17-19-31-23(27)9-14-25-12-7-5-2/h10,24-25H,4-9,11-20H2,1-3H3/b21-10-. The van der Waals surface area contributed by atoms with Gasteiger partial charge in [0.1, 0.15) is 13.2 Å². The van der Waals surface area contributed by atoms with Crippen molar-refractivity contribution in [2.45, 2.75) is 59.3 Å². The number of esters is 2. The van der Waals surface area contributed by atoms with Gasteiger partial charge in [0, 0.05) is 13.1 Å². The largest absolute Gasteiger partial charge is 0.463 e. The fourth-order valence-electron chi connectivity index (χ4n) is 2.38. The quantitative estimate of drug-likeness (QED) is 0.149. The van der Waals surface area contributed by atoms with Crippen LogP contribution in [0.25, 0.3) is 0 Å². The van der Waals surface area contributed by atoms with Crippen molar-refractivity contribution in [1.82, 2.24) is 10.6 Å². The van der Waals surface area contributed by atoms with Crippen molar-refractivity contribution in [2.24, 2.45) is 0 Å². The SMILES string of the molecule is CCCCNCCC(=O)OCCOC/C=C(/C)COCCOC(=O)CCNCCCC. The van der Waals surface area contributed by atoms with Crippen molar-refractivity contribution in [3.63, 3.8) is 0 Å². The number of carbonyl (C=O) groups excluding carboxylic acids is 2. The van der Waals surface area contributed by atoms with E-state index >= 15 is 0 Å². The monoisotopic (exact) mass is 444 g/mol. The van der Waals surface area contributed by atoms with Crippen molar-refractivity contribution in [3.05, 3.63) is 11.6 Å². The number of nitrogens with one attached hydrogen (secondary N) is 2. The molecule has 0 fully saturated rings. The lowest BCUT2D eigenvalue weighted by Gasteiger charge is -2.08. The molecule has 0 saturated heterocycles. The molecular weight excluding hydrogens is 400 g/mol. The Morgan fingerprint density at radius 2 is 1.26 bits per heavy atom. The number of ether oxygens (including phenoxy) is 4. The maximum Gasteiger partial charge on any atom is 0.307 e. The highest BCUT2D eigenvalue weighted by Crippen LogP contribution is 1.95. The summed E-state index contributed by atoms with van der Waals surface area (Å²) in [6, 6.07) is 0. The van der Waals surface area contributed by atoms with Crippen molar-refractivity contribution >= 4 is 11.9 Å². The fourth-order valence-corrected chi connectivity index (χ4v) is 2.38. The minimum absolute atomic E-state index is 0.207. The molecule has 0 aliphatic rings. The molecule has 0 amide bonds. The van der Waals surface area contributed by atoms with Gasteiger partial charge in [0.2, 0.25) is 0 Å². The Morgan fingerprint density at radius 1 is 0.742 bits per heavy atom. The van der Waals surface area contributed by atoms with Crippen LogP contribution in [0.5, 0.6) is 0 Å². The first-order chi connectivity index (χ1) is 15.1. The molecule has 8 heteroatoms. The summed E-state index contributed by atoms with van der Waals surface area (Å²) in [6.45, 7) is 11.5. The van der Waals surface area contributed by atoms with Gasteiger partial charge < -0.3 is 29.6 Å². The normalized spacial score (nSPS) is 11.5. The van der Waals surface area contributed by atoms with E-state index < -0.39 is 0 Å². The number of rotatable bonds is 22. The summed E-state index contributed by atoms with van der Waals surface area (Å²) in [6.07, 6.45) is 7.20. The van der Waals surface area contributed by atoms with Gasteiger partial charge in [0.15, 0.2) is 0 Å². The smallest absolute Gasteiger partial charge is 0.307 e. The highest BCUT2D eigenvalue weighted by Gasteiger charge is 2.03. The lowest BCUT2D eigenvalue weighted by atomic mass is 10.3. The van der Waals surface area contributed by atoms with Gasteiger partial charge in [-0.3, -0.25) is 9.59 Å². The predicted octanol–water partition coefficient (Wildman–Crippen LogP) is 2.61. The van der Waals surface area contributed by atoms with Gasteiger partial charge in [0.25, 0.3) is 0 Å². The van der Waals surface area contributed by atoms with Crippen LogP contribution in [0.2, 0.25) is 0 Å². The van der Waals surface area contributed by atoms with Crippen LogP contribution < -0.4 is 10.6 Å². The molecule has 0 aromatic carbocycles. The second-order valence-electron chi connectivity index (χ2n) is 7.33. The van der Waals surface area contributed by atoms with Crippen LogP contribution in [0, 0.1) is 0 Å². The molecule has 0 spiro atoms. The summed E-state index contributed by atoms with van der Waals surface area (Å²) < 4.78 is 21.2. The third-order valence-corrected chi connectivity index (χ3v) is 4.29.